The van der Waals surface area contributed by atoms with Crippen molar-refractivity contribution >= 4 is 12.4 Å². The Morgan fingerprint density at radius 2 is 1.36 bits per heavy atom. The van der Waals surface area contributed by atoms with Crippen LogP contribution in [-0.2, 0) is 19.5 Å². The molecule has 0 aromatic heterocycles. The van der Waals surface area contributed by atoms with Crippen LogP contribution in [0.15, 0.2) is 30.3 Å². The van der Waals surface area contributed by atoms with Crippen LogP contribution < -0.4 is 0 Å². The Bertz CT molecular complexity index is 139. The van der Waals surface area contributed by atoms with Gasteiger partial charge in [0.2, 0.25) is 0 Å². The summed E-state index contributed by atoms with van der Waals surface area (Å²) in [6.07, 6.45) is 0. The average molecular weight is 222 g/mol. The topological polar surface area (TPSA) is 0 Å². The normalized spacial score (nSPS) is 6.00. The molecule has 0 spiro atoms. The Balaban J connectivity index is -0.000000149. The molecule has 0 nitrogen and oxygen atoms in total. The largest absolute Gasteiger partial charge is 2.00 e. The maximum absolute atomic E-state index is 3.72. The summed E-state index contributed by atoms with van der Waals surface area (Å²) in [6.45, 7) is 8.72. The van der Waals surface area contributed by atoms with E-state index < -0.39 is 0 Å². The van der Waals surface area contributed by atoms with Gasteiger partial charge < -0.3 is 6.92 Å². The van der Waals surface area contributed by atoms with E-state index in [9.17, 15) is 0 Å². The first-order valence-corrected chi connectivity index (χ1v) is 2.97. The Morgan fingerprint density at radius 3 is 1.55 bits per heavy atom. The number of hydrogen-bond acceptors (Lipinski definition) is 0. The SMILES string of the molecule is Cl.[CH2-]C.[CH2-]c1ccccc1.[Zn+2]. The van der Waals surface area contributed by atoms with Crippen LogP contribution in [-0.4, -0.2) is 0 Å². The summed E-state index contributed by atoms with van der Waals surface area (Å²) in [5.74, 6) is 0. The van der Waals surface area contributed by atoms with Crippen molar-refractivity contribution in [3.05, 3.63) is 49.7 Å². The first-order chi connectivity index (χ1) is 4.39. The molecule has 2 heteroatoms. The molecule has 1 rings (SSSR count). The summed E-state index contributed by atoms with van der Waals surface area (Å²) in [5.41, 5.74) is 1.07. The quantitative estimate of drug-likeness (QED) is 0.467. The Hall–Kier alpha value is 0.00338. The van der Waals surface area contributed by atoms with Crippen molar-refractivity contribution in [2.24, 2.45) is 0 Å². The molecule has 0 atom stereocenters. The van der Waals surface area contributed by atoms with E-state index in [2.05, 4.69) is 13.8 Å². The molecule has 0 bridgehead atoms. The van der Waals surface area contributed by atoms with Gasteiger partial charge in [0, 0.05) is 0 Å². The van der Waals surface area contributed by atoms with Crippen molar-refractivity contribution in [3.63, 3.8) is 0 Å². The van der Waals surface area contributed by atoms with E-state index in [-0.39, 0.29) is 31.9 Å². The van der Waals surface area contributed by atoms with Crippen molar-refractivity contribution in [3.8, 4) is 0 Å². The molecule has 0 radical (unpaired) electrons. The van der Waals surface area contributed by atoms with Gasteiger partial charge in [-0.15, -0.1) is 24.5 Å². The molecule has 0 aliphatic heterocycles. The van der Waals surface area contributed by atoms with Crippen molar-refractivity contribution in [1.29, 1.82) is 0 Å². The van der Waals surface area contributed by atoms with Gasteiger partial charge in [-0.25, -0.2) is 0 Å². The molecular weight excluding hydrogens is 209 g/mol. The first-order valence-electron chi connectivity index (χ1n) is 2.97. The summed E-state index contributed by atoms with van der Waals surface area (Å²) in [7, 11) is 0. The molecule has 0 saturated heterocycles. The van der Waals surface area contributed by atoms with E-state index in [0.29, 0.717) is 0 Å². The van der Waals surface area contributed by atoms with Gasteiger partial charge in [0.25, 0.3) is 0 Å². The van der Waals surface area contributed by atoms with Gasteiger partial charge in [-0.3, -0.25) is 0 Å². The average Bonchev–Trinajstić information content (AvgIpc) is 1.94. The third-order valence-corrected chi connectivity index (χ3v) is 0.843. The zero-order valence-corrected chi connectivity index (χ0v) is 10.7. The fourth-order valence-corrected chi connectivity index (χ4v) is 0.478. The molecule has 0 fully saturated rings. The number of halogens is 1. The van der Waals surface area contributed by atoms with Gasteiger partial charge in [-0.2, -0.15) is 31.5 Å². The molecule has 0 saturated carbocycles. The molecule has 11 heavy (non-hydrogen) atoms. The van der Waals surface area contributed by atoms with Crippen molar-refractivity contribution in [1.82, 2.24) is 0 Å². The second-order valence-electron chi connectivity index (χ2n) is 1.49. The van der Waals surface area contributed by atoms with Gasteiger partial charge in [-0.05, 0) is 0 Å². The van der Waals surface area contributed by atoms with E-state index in [1.165, 1.54) is 0 Å². The monoisotopic (exact) mass is 220 g/mol. The zero-order chi connectivity index (χ0) is 7.11. The van der Waals surface area contributed by atoms with E-state index in [4.69, 9.17) is 0 Å². The minimum atomic E-state index is 0. The molecule has 1 aromatic rings. The van der Waals surface area contributed by atoms with Crippen molar-refractivity contribution < 1.29 is 19.5 Å². The molecule has 58 valence electrons. The summed E-state index contributed by atoms with van der Waals surface area (Å²) < 4.78 is 0. The molecule has 0 unspecified atom stereocenters. The van der Waals surface area contributed by atoms with Crippen LogP contribution in [0.1, 0.15) is 12.5 Å². The molecule has 1 aromatic carbocycles. The van der Waals surface area contributed by atoms with Crippen LogP contribution in [0.3, 0.4) is 0 Å². The zero-order valence-electron chi connectivity index (χ0n) is 6.92. The standard InChI is InChI=1S/C7H7.C2H5.ClH.Zn/c1-7-5-3-2-4-6-7;1-2;;/h2-6H,1H2;1H2,2H3;1H;/q2*-1;;+2. The fourth-order valence-electron chi connectivity index (χ4n) is 0.478. The predicted molar refractivity (Wildman–Crippen MR) is 49.2 cm³/mol. The summed E-state index contributed by atoms with van der Waals surface area (Å²) >= 11 is 0. The van der Waals surface area contributed by atoms with Crippen molar-refractivity contribution in [2.45, 2.75) is 6.92 Å². The van der Waals surface area contributed by atoms with Gasteiger partial charge in [0.1, 0.15) is 0 Å². The Labute approximate surface area is 88.6 Å². The van der Waals surface area contributed by atoms with Crippen LogP contribution in [0.5, 0.6) is 0 Å². The molecule has 0 aliphatic rings. The van der Waals surface area contributed by atoms with E-state index in [0.717, 1.165) is 5.56 Å². The second-order valence-corrected chi connectivity index (χ2v) is 1.49. The summed E-state index contributed by atoms with van der Waals surface area (Å²) in [6, 6.07) is 9.87. The minimum Gasteiger partial charge on any atom is -0.346 e. The van der Waals surface area contributed by atoms with Crippen molar-refractivity contribution in [2.75, 3.05) is 0 Å². The molecular formula is C9H13ClZn. The number of hydrogen-bond donors (Lipinski definition) is 0. The van der Waals surface area contributed by atoms with Gasteiger partial charge in [0.15, 0.2) is 0 Å². The third-order valence-electron chi connectivity index (χ3n) is 0.843. The van der Waals surface area contributed by atoms with Crippen LogP contribution >= 0.6 is 12.4 Å². The van der Waals surface area contributed by atoms with Gasteiger partial charge in [0.05, 0.1) is 0 Å². The maximum Gasteiger partial charge on any atom is 2.00 e. The van der Waals surface area contributed by atoms with Crippen LogP contribution in [0.4, 0.5) is 0 Å². The van der Waals surface area contributed by atoms with E-state index in [1.807, 2.05) is 30.3 Å². The third kappa shape index (κ3) is 10.0. The number of rotatable bonds is 0. The maximum atomic E-state index is 3.72. The summed E-state index contributed by atoms with van der Waals surface area (Å²) in [4.78, 5) is 0. The summed E-state index contributed by atoms with van der Waals surface area (Å²) in [5, 5.41) is 0. The van der Waals surface area contributed by atoms with Crippen LogP contribution in [0.2, 0.25) is 0 Å². The predicted octanol–water partition coefficient (Wildman–Crippen LogP) is 3.13. The molecule has 0 amide bonds. The van der Waals surface area contributed by atoms with Gasteiger partial charge in [-0.1, -0.05) is 6.07 Å². The molecule has 0 N–H and O–H groups in total. The van der Waals surface area contributed by atoms with E-state index >= 15 is 0 Å². The molecule has 0 aliphatic carbocycles. The van der Waals surface area contributed by atoms with E-state index in [1.54, 1.807) is 6.92 Å². The Morgan fingerprint density at radius 1 is 1.00 bits per heavy atom. The first kappa shape index (κ1) is 17.2. The molecule has 0 heterocycles. The van der Waals surface area contributed by atoms with Crippen LogP contribution in [0.25, 0.3) is 0 Å². The smallest absolute Gasteiger partial charge is 0.346 e. The minimum absolute atomic E-state index is 0. The Kier molecular flexibility index (Phi) is 19.8. The number of benzene rings is 1. The van der Waals surface area contributed by atoms with Gasteiger partial charge >= 0.3 is 19.5 Å². The van der Waals surface area contributed by atoms with Crippen LogP contribution in [0, 0.1) is 13.8 Å². The second kappa shape index (κ2) is 12.7. The fraction of sp³-hybridized carbons (Fsp3) is 0.111.